The lowest BCUT2D eigenvalue weighted by molar-refractivity contribution is -0.119. The van der Waals surface area contributed by atoms with Gasteiger partial charge in [-0.05, 0) is 29.8 Å². The molecule has 1 fully saturated rings. The lowest BCUT2D eigenvalue weighted by Gasteiger charge is -2.29. The van der Waals surface area contributed by atoms with Gasteiger partial charge in [0.05, 0.1) is 19.5 Å². The summed E-state index contributed by atoms with van der Waals surface area (Å²) >= 11 is 0. The highest BCUT2D eigenvalue weighted by atomic mass is 32.2. The lowest BCUT2D eigenvalue weighted by atomic mass is 10.1. The first-order valence-corrected chi connectivity index (χ1v) is 10.9. The number of likely N-dealkylation sites (N-methyl/N-ethyl adjacent to an activating group) is 1. The van der Waals surface area contributed by atoms with E-state index in [4.69, 9.17) is 4.74 Å². The molecule has 8 heteroatoms. The van der Waals surface area contributed by atoms with Crippen LogP contribution in [-0.2, 0) is 19.6 Å². The van der Waals surface area contributed by atoms with Crippen molar-refractivity contribution in [2.45, 2.75) is 6.04 Å². The maximum absolute atomic E-state index is 12.9. The number of nitrogens with zero attached hydrogens (tertiary/aromatic N) is 2. The van der Waals surface area contributed by atoms with Gasteiger partial charge >= 0.3 is 0 Å². The van der Waals surface area contributed by atoms with Crippen LogP contribution in [0.5, 0.6) is 0 Å². The molecule has 3 rings (SSSR count). The van der Waals surface area contributed by atoms with Crippen LogP contribution in [0.2, 0.25) is 0 Å². The van der Waals surface area contributed by atoms with Gasteiger partial charge in [0.25, 0.3) is 0 Å². The van der Waals surface area contributed by atoms with E-state index in [1.807, 2.05) is 30.3 Å². The van der Waals surface area contributed by atoms with Crippen LogP contribution in [0.4, 0.5) is 11.4 Å². The molecule has 1 heterocycles. The standard InChI is InChI=1S/C20H25N3O4S/c1-22(28(2,25)26)19(16-6-4-3-5-7-16)20(24)21-17-8-10-18(11-9-17)23-12-14-27-15-13-23/h3-11,19H,12-15H2,1-2H3,(H,21,24)/t19-/m0/s1. The molecule has 1 aliphatic rings. The Morgan fingerprint density at radius 3 is 2.25 bits per heavy atom. The molecule has 1 N–H and O–H groups in total. The van der Waals surface area contributed by atoms with Crippen molar-refractivity contribution >= 4 is 27.3 Å². The zero-order valence-corrected chi connectivity index (χ0v) is 16.9. The van der Waals surface area contributed by atoms with E-state index in [0.717, 1.165) is 29.3 Å². The molecular weight excluding hydrogens is 378 g/mol. The first-order chi connectivity index (χ1) is 13.4. The summed E-state index contributed by atoms with van der Waals surface area (Å²) in [7, 11) is -2.14. The molecule has 0 aliphatic carbocycles. The fraction of sp³-hybridized carbons (Fsp3) is 0.350. The van der Waals surface area contributed by atoms with Crippen LogP contribution in [0.25, 0.3) is 0 Å². The lowest BCUT2D eigenvalue weighted by Crippen LogP contribution is -2.38. The first kappa shape index (κ1) is 20.3. The highest BCUT2D eigenvalue weighted by molar-refractivity contribution is 7.88. The number of ether oxygens (including phenoxy) is 1. The molecular formula is C20H25N3O4S. The molecule has 28 heavy (non-hydrogen) atoms. The van der Waals surface area contributed by atoms with Gasteiger partial charge < -0.3 is 15.0 Å². The average molecular weight is 404 g/mol. The highest BCUT2D eigenvalue weighted by Crippen LogP contribution is 2.25. The fourth-order valence-corrected chi connectivity index (χ4v) is 3.74. The van der Waals surface area contributed by atoms with Crippen LogP contribution in [0.1, 0.15) is 11.6 Å². The SMILES string of the molecule is CN([C@H](C(=O)Nc1ccc(N2CCOCC2)cc1)c1ccccc1)S(C)(=O)=O. The highest BCUT2D eigenvalue weighted by Gasteiger charge is 2.30. The van der Waals surface area contributed by atoms with Gasteiger partial charge in [-0.2, -0.15) is 4.31 Å². The number of hydrogen-bond acceptors (Lipinski definition) is 5. The molecule has 1 aliphatic heterocycles. The molecule has 150 valence electrons. The summed E-state index contributed by atoms with van der Waals surface area (Å²) in [6.07, 6.45) is 1.09. The van der Waals surface area contributed by atoms with E-state index in [0.29, 0.717) is 24.5 Å². The predicted octanol–water partition coefficient (Wildman–Crippen LogP) is 2.09. The molecule has 0 saturated carbocycles. The summed E-state index contributed by atoms with van der Waals surface area (Å²) < 4.78 is 30.6. The van der Waals surface area contributed by atoms with Crippen molar-refractivity contribution in [3.05, 3.63) is 60.2 Å². The quantitative estimate of drug-likeness (QED) is 0.799. The van der Waals surface area contributed by atoms with Crippen LogP contribution in [0.15, 0.2) is 54.6 Å². The van der Waals surface area contributed by atoms with Crippen molar-refractivity contribution in [3.8, 4) is 0 Å². The van der Waals surface area contributed by atoms with E-state index >= 15 is 0 Å². The molecule has 0 unspecified atom stereocenters. The summed E-state index contributed by atoms with van der Waals surface area (Å²) in [6.45, 7) is 3.08. The van der Waals surface area contributed by atoms with E-state index < -0.39 is 22.0 Å². The summed E-state index contributed by atoms with van der Waals surface area (Å²) in [5.74, 6) is -0.404. The topological polar surface area (TPSA) is 79.0 Å². The number of carbonyl (C=O) groups is 1. The van der Waals surface area contributed by atoms with Crippen LogP contribution in [0.3, 0.4) is 0 Å². The molecule has 1 amide bonds. The van der Waals surface area contributed by atoms with Gasteiger partial charge in [-0.15, -0.1) is 0 Å². The van der Waals surface area contributed by atoms with Crippen LogP contribution in [0, 0.1) is 0 Å². The summed E-state index contributed by atoms with van der Waals surface area (Å²) in [6, 6.07) is 15.5. The number of carbonyl (C=O) groups excluding carboxylic acids is 1. The zero-order valence-electron chi connectivity index (χ0n) is 16.0. The van der Waals surface area contributed by atoms with Gasteiger partial charge in [-0.1, -0.05) is 30.3 Å². The molecule has 1 saturated heterocycles. The number of morpholine rings is 1. The second kappa shape index (κ2) is 8.72. The smallest absolute Gasteiger partial charge is 0.247 e. The second-order valence-electron chi connectivity index (χ2n) is 6.73. The van der Waals surface area contributed by atoms with E-state index in [-0.39, 0.29) is 0 Å². The Balaban J connectivity index is 1.78. The Morgan fingerprint density at radius 1 is 1.07 bits per heavy atom. The normalized spacial score (nSPS) is 16.0. The molecule has 2 aromatic rings. The minimum atomic E-state index is -3.55. The number of nitrogens with one attached hydrogen (secondary N) is 1. The zero-order chi connectivity index (χ0) is 20.1. The van der Waals surface area contributed by atoms with E-state index in [9.17, 15) is 13.2 Å². The third kappa shape index (κ3) is 4.89. The average Bonchev–Trinajstić information content (AvgIpc) is 2.69. The minimum Gasteiger partial charge on any atom is -0.378 e. The van der Waals surface area contributed by atoms with E-state index in [1.165, 1.54) is 7.05 Å². The van der Waals surface area contributed by atoms with E-state index in [2.05, 4.69) is 10.2 Å². The van der Waals surface area contributed by atoms with Crippen LogP contribution in [-0.4, -0.2) is 58.2 Å². The van der Waals surface area contributed by atoms with Gasteiger partial charge in [-0.25, -0.2) is 8.42 Å². The van der Waals surface area contributed by atoms with Crippen molar-refractivity contribution in [2.24, 2.45) is 0 Å². The Morgan fingerprint density at radius 2 is 1.68 bits per heavy atom. The summed E-state index contributed by atoms with van der Waals surface area (Å²) in [5.41, 5.74) is 2.29. The molecule has 0 bridgehead atoms. The third-order valence-corrected chi connectivity index (χ3v) is 6.02. The Hall–Kier alpha value is -2.42. The minimum absolute atomic E-state index is 0.404. The molecule has 2 aromatic carbocycles. The Kier molecular flexibility index (Phi) is 6.33. The van der Waals surface area contributed by atoms with Gasteiger partial charge in [0.2, 0.25) is 15.9 Å². The van der Waals surface area contributed by atoms with Crippen molar-refractivity contribution in [2.75, 3.05) is 49.8 Å². The van der Waals surface area contributed by atoms with Gasteiger partial charge in [0.1, 0.15) is 6.04 Å². The van der Waals surface area contributed by atoms with Crippen molar-refractivity contribution in [1.82, 2.24) is 4.31 Å². The number of hydrogen-bond donors (Lipinski definition) is 1. The van der Waals surface area contributed by atoms with Crippen molar-refractivity contribution in [1.29, 1.82) is 0 Å². The molecule has 0 radical (unpaired) electrons. The third-order valence-electron chi connectivity index (χ3n) is 4.76. The monoisotopic (exact) mass is 403 g/mol. The molecule has 0 spiro atoms. The summed E-state index contributed by atoms with van der Waals surface area (Å²) in [4.78, 5) is 15.2. The van der Waals surface area contributed by atoms with Gasteiger partial charge in [-0.3, -0.25) is 4.79 Å². The van der Waals surface area contributed by atoms with Crippen LogP contribution < -0.4 is 10.2 Å². The fourth-order valence-electron chi connectivity index (χ4n) is 3.14. The predicted molar refractivity (Wildman–Crippen MR) is 110 cm³/mol. The largest absolute Gasteiger partial charge is 0.378 e. The van der Waals surface area contributed by atoms with Crippen molar-refractivity contribution in [3.63, 3.8) is 0 Å². The summed E-state index contributed by atoms with van der Waals surface area (Å²) in [5, 5.41) is 2.84. The number of rotatable bonds is 6. The number of anilines is 2. The molecule has 1 atom stereocenters. The number of amides is 1. The van der Waals surface area contributed by atoms with Gasteiger partial charge in [0, 0.05) is 31.5 Å². The molecule has 0 aromatic heterocycles. The number of benzene rings is 2. The maximum atomic E-state index is 12.9. The van der Waals surface area contributed by atoms with Crippen molar-refractivity contribution < 1.29 is 17.9 Å². The Labute approximate surface area is 166 Å². The van der Waals surface area contributed by atoms with Gasteiger partial charge in [0.15, 0.2) is 0 Å². The van der Waals surface area contributed by atoms with E-state index in [1.54, 1.807) is 24.3 Å². The van der Waals surface area contributed by atoms with Crippen LogP contribution >= 0.6 is 0 Å². The maximum Gasteiger partial charge on any atom is 0.247 e. The number of sulfonamides is 1. The second-order valence-corrected chi connectivity index (χ2v) is 8.77. The molecule has 7 nitrogen and oxygen atoms in total. The first-order valence-electron chi connectivity index (χ1n) is 9.08. The Bertz CT molecular complexity index is 895.